The van der Waals surface area contributed by atoms with Crippen molar-refractivity contribution in [3.05, 3.63) is 88.4 Å². The van der Waals surface area contributed by atoms with Crippen LogP contribution < -0.4 is 10.1 Å². The van der Waals surface area contributed by atoms with Gasteiger partial charge in [0.05, 0.1) is 7.11 Å². The van der Waals surface area contributed by atoms with Gasteiger partial charge in [-0.3, -0.25) is 4.79 Å². The van der Waals surface area contributed by atoms with Crippen molar-refractivity contribution in [1.29, 1.82) is 0 Å². The quantitative estimate of drug-likeness (QED) is 0.611. The standard InChI is InChI=1S/C25H29NO3/c1-17-6-9-20(25(2,3)4)14-19(17)15-22-12-13-23(29-22)24(27)26-16-18-7-10-21(28-5)11-8-18/h6-14H,15-16H2,1-5H3,(H,26,27). The van der Waals surface area contributed by atoms with Crippen molar-refractivity contribution in [1.82, 2.24) is 5.32 Å². The zero-order chi connectivity index (χ0) is 21.0. The molecule has 4 nitrogen and oxygen atoms in total. The van der Waals surface area contributed by atoms with Crippen LogP contribution in [0.4, 0.5) is 0 Å². The van der Waals surface area contributed by atoms with Crippen molar-refractivity contribution in [2.45, 2.75) is 46.1 Å². The number of ether oxygens (including phenoxy) is 1. The van der Waals surface area contributed by atoms with Crippen LogP contribution in [0.2, 0.25) is 0 Å². The molecule has 0 atom stereocenters. The molecule has 3 aromatic rings. The molecule has 3 rings (SSSR count). The summed E-state index contributed by atoms with van der Waals surface area (Å²) < 4.78 is 11.0. The molecule has 0 saturated heterocycles. The molecule has 0 saturated carbocycles. The first kappa shape index (κ1) is 20.7. The van der Waals surface area contributed by atoms with Crippen molar-refractivity contribution in [2.75, 3.05) is 7.11 Å². The normalized spacial score (nSPS) is 11.3. The van der Waals surface area contributed by atoms with Gasteiger partial charge in [0.2, 0.25) is 0 Å². The van der Waals surface area contributed by atoms with Crippen LogP contribution in [0.1, 0.15) is 59.3 Å². The first-order valence-corrected chi connectivity index (χ1v) is 9.86. The van der Waals surface area contributed by atoms with E-state index in [9.17, 15) is 4.79 Å². The lowest BCUT2D eigenvalue weighted by molar-refractivity contribution is 0.0921. The predicted octanol–water partition coefficient (Wildman–Crippen LogP) is 5.41. The summed E-state index contributed by atoms with van der Waals surface area (Å²) >= 11 is 0. The summed E-state index contributed by atoms with van der Waals surface area (Å²) in [5.41, 5.74) is 4.83. The van der Waals surface area contributed by atoms with Gasteiger partial charge in [0.1, 0.15) is 11.5 Å². The highest BCUT2D eigenvalue weighted by Crippen LogP contribution is 2.26. The number of hydrogen-bond donors (Lipinski definition) is 1. The van der Waals surface area contributed by atoms with Gasteiger partial charge in [-0.05, 0) is 58.9 Å². The third kappa shape index (κ3) is 5.29. The van der Waals surface area contributed by atoms with Gasteiger partial charge in [0.25, 0.3) is 5.91 Å². The van der Waals surface area contributed by atoms with E-state index in [-0.39, 0.29) is 11.3 Å². The molecule has 0 fully saturated rings. The Labute approximate surface area is 172 Å². The third-order valence-corrected chi connectivity index (χ3v) is 5.08. The topological polar surface area (TPSA) is 51.5 Å². The second kappa shape index (κ2) is 8.56. The van der Waals surface area contributed by atoms with Crippen LogP contribution in [-0.2, 0) is 18.4 Å². The Bertz CT molecular complexity index is 978. The van der Waals surface area contributed by atoms with E-state index in [1.54, 1.807) is 13.2 Å². The van der Waals surface area contributed by atoms with Gasteiger partial charge in [-0.25, -0.2) is 0 Å². The van der Waals surface area contributed by atoms with E-state index >= 15 is 0 Å². The third-order valence-electron chi connectivity index (χ3n) is 5.08. The Morgan fingerprint density at radius 2 is 1.76 bits per heavy atom. The van der Waals surface area contributed by atoms with Gasteiger partial charge in [0, 0.05) is 13.0 Å². The molecule has 0 aliphatic heterocycles. The summed E-state index contributed by atoms with van der Waals surface area (Å²) in [5.74, 6) is 1.70. The zero-order valence-electron chi connectivity index (χ0n) is 17.8. The SMILES string of the molecule is COc1ccc(CNC(=O)c2ccc(Cc3cc(C(C)(C)C)ccc3C)o2)cc1. The number of hydrogen-bond acceptors (Lipinski definition) is 3. The molecule has 0 aliphatic rings. The number of furan rings is 1. The molecular formula is C25H29NO3. The fourth-order valence-corrected chi connectivity index (χ4v) is 3.12. The van der Waals surface area contributed by atoms with Crippen molar-refractivity contribution in [3.8, 4) is 5.75 Å². The molecule has 0 spiro atoms. The Hall–Kier alpha value is -3.01. The average molecular weight is 392 g/mol. The number of benzene rings is 2. The summed E-state index contributed by atoms with van der Waals surface area (Å²) in [5, 5.41) is 2.90. The summed E-state index contributed by atoms with van der Waals surface area (Å²) in [6.07, 6.45) is 0.668. The van der Waals surface area contributed by atoms with E-state index in [2.05, 4.69) is 51.2 Å². The number of carbonyl (C=O) groups excluding carboxylic acids is 1. The van der Waals surface area contributed by atoms with Gasteiger partial charge < -0.3 is 14.5 Å². The average Bonchev–Trinajstić information content (AvgIpc) is 3.16. The van der Waals surface area contributed by atoms with Gasteiger partial charge in [-0.1, -0.05) is 51.1 Å². The second-order valence-electron chi connectivity index (χ2n) is 8.36. The number of nitrogens with one attached hydrogen (secondary N) is 1. The molecule has 1 N–H and O–H groups in total. The number of methoxy groups -OCH3 is 1. The monoisotopic (exact) mass is 391 g/mol. The lowest BCUT2D eigenvalue weighted by atomic mass is 9.85. The molecule has 0 radical (unpaired) electrons. The first-order valence-electron chi connectivity index (χ1n) is 9.86. The molecule has 1 aromatic heterocycles. The van der Waals surface area contributed by atoms with Crippen molar-refractivity contribution in [3.63, 3.8) is 0 Å². The van der Waals surface area contributed by atoms with Crippen molar-refractivity contribution >= 4 is 5.91 Å². The predicted molar refractivity (Wildman–Crippen MR) is 116 cm³/mol. The number of rotatable bonds is 6. The van der Waals surface area contributed by atoms with Crippen LogP contribution in [0.25, 0.3) is 0 Å². The minimum atomic E-state index is -0.216. The first-order chi connectivity index (χ1) is 13.8. The molecule has 1 heterocycles. The summed E-state index contributed by atoms with van der Waals surface area (Å²) in [6, 6.07) is 17.8. The summed E-state index contributed by atoms with van der Waals surface area (Å²) in [4.78, 5) is 12.4. The van der Waals surface area contributed by atoms with Gasteiger partial charge in [-0.2, -0.15) is 0 Å². The second-order valence-corrected chi connectivity index (χ2v) is 8.36. The largest absolute Gasteiger partial charge is 0.497 e. The van der Waals surface area contributed by atoms with Gasteiger partial charge in [-0.15, -0.1) is 0 Å². The molecular weight excluding hydrogens is 362 g/mol. The number of carbonyl (C=O) groups is 1. The minimum Gasteiger partial charge on any atom is -0.497 e. The van der Waals surface area contributed by atoms with Crippen LogP contribution in [-0.4, -0.2) is 13.0 Å². The fraction of sp³-hybridized carbons (Fsp3) is 0.320. The Morgan fingerprint density at radius 1 is 1.03 bits per heavy atom. The van der Waals surface area contributed by atoms with Gasteiger partial charge >= 0.3 is 0 Å². The smallest absolute Gasteiger partial charge is 0.287 e. The summed E-state index contributed by atoms with van der Waals surface area (Å²) in [6.45, 7) is 9.16. The van der Waals surface area contributed by atoms with E-state index in [0.717, 1.165) is 17.1 Å². The summed E-state index contributed by atoms with van der Waals surface area (Å²) in [7, 11) is 1.63. The molecule has 152 valence electrons. The molecule has 0 bridgehead atoms. The maximum Gasteiger partial charge on any atom is 0.287 e. The molecule has 4 heteroatoms. The highest BCUT2D eigenvalue weighted by atomic mass is 16.5. The maximum absolute atomic E-state index is 12.4. The fourth-order valence-electron chi connectivity index (χ4n) is 3.12. The Morgan fingerprint density at radius 3 is 2.41 bits per heavy atom. The molecule has 2 aromatic carbocycles. The van der Waals surface area contributed by atoms with E-state index < -0.39 is 0 Å². The molecule has 29 heavy (non-hydrogen) atoms. The highest BCUT2D eigenvalue weighted by molar-refractivity contribution is 5.91. The lowest BCUT2D eigenvalue weighted by Crippen LogP contribution is -2.22. The van der Waals surface area contributed by atoms with Crippen molar-refractivity contribution < 1.29 is 13.9 Å². The van der Waals surface area contributed by atoms with Crippen LogP contribution in [0.15, 0.2) is 59.0 Å². The number of aryl methyl sites for hydroxylation is 1. The minimum absolute atomic E-state index is 0.0954. The maximum atomic E-state index is 12.4. The van der Waals surface area contributed by atoms with E-state index in [4.69, 9.17) is 9.15 Å². The van der Waals surface area contributed by atoms with Crippen molar-refractivity contribution in [2.24, 2.45) is 0 Å². The molecule has 1 amide bonds. The Kier molecular flexibility index (Phi) is 6.12. The lowest BCUT2D eigenvalue weighted by Gasteiger charge is -2.20. The molecule has 0 aliphatic carbocycles. The van der Waals surface area contributed by atoms with Gasteiger partial charge in [0.15, 0.2) is 5.76 Å². The zero-order valence-corrected chi connectivity index (χ0v) is 17.8. The van der Waals surface area contributed by atoms with Crippen LogP contribution in [0.3, 0.4) is 0 Å². The molecule has 0 unspecified atom stereocenters. The van der Waals surface area contributed by atoms with E-state index in [1.807, 2.05) is 30.3 Å². The Balaban J connectivity index is 1.65. The number of amides is 1. The van der Waals surface area contributed by atoms with Crippen LogP contribution >= 0.6 is 0 Å². The highest BCUT2D eigenvalue weighted by Gasteiger charge is 2.16. The van der Waals surface area contributed by atoms with Crippen LogP contribution in [0.5, 0.6) is 5.75 Å². The van der Waals surface area contributed by atoms with E-state index in [1.165, 1.54) is 16.7 Å². The van der Waals surface area contributed by atoms with Crippen LogP contribution in [0, 0.1) is 6.92 Å². The van der Waals surface area contributed by atoms with E-state index in [0.29, 0.717) is 18.7 Å².